The molecule has 3 aromatic rings. The van der Waals surface area contributed by atoms with Gasteiger partial charge in [0, 0.05) is 12.2 Å². The third-order valence-electron chi connectivity index (χ3n) is 4.24. The van der Waals surface area contributed by atoms with Gasteiger partial charge < -0.3 is 15.4 Å². The van der Waals surface area contributed by atoms with Crippen molar-refractivity contribution < 1.29 is 14.5 Å². The van der Waals surface area contributed by atoms with Crippen molar-refractivity contribution in [3.63, 3.8) is 0 Å². The van der Waals surface area contributed by atoms with E-state index in [4.69, 9.17) is 4.74 Å². The number of nitrogens with zero attached hydrogens (tertiary/aromatic N) is 3. The van der Waals surface area contributed by atoms with Crippen molar-refractivity contribution in [3.05, 3.63) is 82.2 Å². The second-order valence-corrected chi connectivity index (χ2v) is 7.21. The standard InChI is InChI=1S/C22H23N5O4/c1-15(2)13-31-22(28)17-8-10-18(11-9-17)26-21-19(27(29)30)20(24-14-25-21)23-12-16-6-4-3-5-7-16/h3-11,14-15H,12-13H2,1-2H3,(H2,23,24,25,26). The molecular formula is C22H23N5O4. The molecular weight excluding hydrogens is 398 g/mol. The highest BCUT2D eigenvalue weighted by molar-refractivity contribution is 5.90. The first kappa shape index (κ1) is 21.7. The quantitative estimate of drug-likeness (QED) is 0.293. The second-order valence-electron chi connectivity index (χ2n) is 7.21. The summed E-state index contributed by atoms with van der Waals surface area (Å²) in [5.41, 5.74) is 1.63. The van der Waals surface area contributed by atoms with Gasteiger partial charge >= 0.3 is 11.7 Å². The van der Waals surface area contributed by atoms with Crippen molar-refractivity contribution in [2.45, 2.75) is 20.4 Å². The molecule has 1 heterocycles. The molecule has 0 unspecified atom stereocenters. The number of carbonyl (C=O) groups excluding carboxylic acids is 1. The molecule has 1 aromatic heterocycles. The van der Waals surface area contributed by atoms with Crippen LogP contribution in [0.5, 0.6) is 0 Å². The zero-order valence-corrected chi connectivity index (χ0v) is 17.2. The summed E-state index contributed by atoms with van der Waals surface area (Å²) in [6.45, 7) is 4.63. The number of hydrogen-bond acceptors (Lipinski definition) is 8. The van der Waals surface area contributed by atoms with Gasteiger partial charge in [-0.15, -0.1) is 0 Å². The zero-order chi connectivity index (χ0) is 22.2. The first-order chi connectivity index (χ1) is 14.9. The van der Waals surface area contributed by atoms with Crippen LogP contribution in [0, 0.1) is 16.0 Å². The molecule has 0 fully saturated rings. The summed E-state index contributed by atoms with van der Waals surface area (Å²) in [5.74, 6) is -0.0144. The van der Waals surface area contributed by atoms with Crippen LogP contribution in [0.25, 0.3) is 0 Å². The minimum Gasteiger partial charge on any atom is -0.462 e. The number of nitro groups is 1. The van der Waals surface area contributed by atoms with E-state index in [1.807, 2.05) is 44.2 Å². The predicted molar refractivity (Wildman–Crippen MR) is 117 cm³/mol. The zero-order valence-electron chi connectivity index (χ0n) is 17.2. The summed E-state index contributed by atoms with van der Waals surface area (Å²) in [6, 6.07) is 15.9. The molecule has 2 aromatic carbocycles. The van der Waals surface area contributed by atoms with E-state index < -0.39 is 10.9 Å². The lowest BCUT2D eigenvalue weighted by Crippen LogP contribution is -2.10. The van der Waals surface area contributed by atoms with E-state index >= 15 is 0 Å². The summed E-state index contributed by atoms with van der Waals surface area (Å²) in [7, 11) is 0. The fourth-order valence-electron chi connectivity index (χ4n) is 2.71. The molecule has 0 spiro atoms. The summed E-state index contributed by atoms with van der Waals surface area (Å²) in [6.07, 6.45) is 1.25. The molecule has 0 saturated heterocycles. The maximum Gasteiger partial charge on any atom is 0.353 e. The Bertz CT molecular complexity index is 1040. The monoisotopic (exact) mass is 421 g/mol. The Morgan fingerprint density at radius 1 is 1.06 bits per heavy atom. The number of anilines is 3. The third kappa shape index (κ3) is 5.99. The number of rotatable bonds is 9. The van der Waals surface area contributed by atoms with Crippen LogP contribution in [0.4, 0.5) is 23.0 Å². The van der Waals surface area contributed by atoms with E-state index in [0.29, 0.717) is 24.4 Å². The van der Waals surface area contributed by atoms with Gasteiger partial charge in [-0.3, -0.25) is 10.1 Å². The second kappa shape index (κ2) is 10.1. The average molecular weight is 421 g/mol. The molecule has 0 amide bonds. The lowest BCUT2D eigenvalue weighted by Gasteiger charge is -2.11. The largest absolute Gasteiger partial charge is 0.462 e. The highest BCUT2D eigenvalue weighted by atomic mass is 16.6. The molecule has 31 heavy (non-hydrogen) atoms. The van der Waals surface area contributed by atoms with Gasteiger partial charge in [-0.2, -0.15) is 0 Å². The molecule has 9 nitrogen and oxygen atoms in total. The summed E-state index contributed by atoms with van der Waals surface area (Å²) in [5, 5.41) is 17.6. The molecule has 2 N–H and O–H groups in total. The lowest BCUT2D eigenvalue weighted by atomic mass is 10.2. The van der Waals surface area contributed by atoms with Crippen LogP contribution in [-0.2, 0) is 11.3 Å². The highest BCUT2D eigenvalue weighted by Crippen LogP contribution is 2.31. The normalized spacial score (nSPS) is 10.5. The van der Waals surface area contributed by atoms with Crippen LogP contribution in [0.1, 0.15) is 29.8 Å². The number of carbonyl (C=O) groups is 1. The number of esters is 1. The Kier molecular flexibility index (Phi) is 7.10. The Balaban J connectivity index is 1.75. The summed E-state index contributed by atoms with van der Waals surface area (Å²) >= 11 is 0. The molecule has 0 bridgehead atoms. The van der Waals surface area contributed by atoms with Crippen LogP contribution >= 0.6 is 0 Å². The van der Waals surface area contributed by atoms with Crippen molar-refractivity contribution >= 4 is 29.0 Å². The first-order valence-electron chi connectivity index (χ1n) is 9.75. The van der Waals surface area contributed by atoms with Crippen molar-refractivity contribution in [3.8, 4) is 0 Å². The van der Waals surface area contributed by atoms with E-state index in [9.17, 15) is 14.9 Å². The third-order valence-corrected chi connectivity index (χ3v) is 4.24. The Labute approximate surface area is 179 Å². The van der Waals surface area contributed by atoms with E-state index in [2.05, 4.69) is 20.6 Å². The molecule has 0 atom stereocenters. The first-order valence-corrected chi connectivity index (χ1v) is 9.75. The van der Waals surface area contributed by atoms with Crippen LogP contribution in [0.3, 0.4) is 0 Å². The number of ether oxygens (including phenoxy) is 1. The number of benzene rings is 2. The van der Waals surface area contributed by atoms with Gasteiger partial charge in [0.15, 0.2) is 0 Å². The Morgan fingerprint density at radius 3 is 2.39 bits per heavy atom. The van der Waals surface area contributed by atoms with Gasteiger partial charge in [0.05, 0.1) is 17.1 Å². The topological polar surface area (TPSA) is 119 Å². The van der Waals surface area contributed by atoms with Gasteiger partial charge in [-0.25, -0.2) is 14.8 Å². The maximum atomic E-state index is 12.0. The molecule has 0 saturated carbocycles. The summed E-state index contributed by atoms with van der Waals surface area (Å²) in [4.78, 5) is 31.2. The average Bonchev–Trinajstić information content (AvgIpc) is 2.77. The smallest absolute Gasteiger partial charge is 0.353 e. The SMILES string of the molecule is CC(C)COC(=O)c1ccc(Nc2ncnc(NCc3ccccc3)c2[N+](=O)[O-])cc1. The van der Waals surface area contributed by atoms with Crippen molar-refractivity contribution in [2.24, 2.45) is 5.92 Å². The van der Waals surface area contributed by atoms with Gasteiger partial charge in [-0.1, -0.05) is 44.2 Å². The van der Waals surface area contributed by atoms with Crippen LogP contribution in [-0.4, -0.2) is 27.5 Å². The summed E-state index contributed by atoms with van der Waals surface area (Å²) < 4.78 is 5.20. The van der Waals surface area contributed by atoms with Crippen molar-refractivity contribution in [2.75, 3.05) is 17.2 Å². The minimum atomic E-state index is -0.534. The van der Waals surface area contributed by atoms with E-state index in [-0.39, 0.29) is 23.2 Å². The number of aromatic nitrogens is 2. The predicted octanol–water partition coefficient (Wildman–Crippen LogP) is 4.55. The van der Waals surface area contributed by atoms with Crippen LogP contribution < -0.4 is 10.6 Å². The molecule has 0 radical (unpaired) electrons. The van der Waals surface area contributed by atoms with Crippen molar-refractivity contribution in [1.29, 1.82) is 0 Å². The van der Waals surface area contributed by atoms with E-state index in [1.54, 1.807) is 24.3 Å². The van der Waals surface area contributed by atoms with Crippen molar-refractivity contribution in [1.82, 2.24) is 9.97 Å². The molecule has 9 heteroatoms. The Hall–Kier alpha value is -4.01. The van der Waals surface area contributed by atoms with Crippen LogP contribution in [0.2, 0.25) is 0 Å². The molecule has 0 aliphatic heterocycles. The van der Waals surface area contributed by atoms with E-state index in [1.165, 1.54) is 6.33 Å². The molecule has 160 valence electrons. The van der Waals surface area contributed by atoms with Gasteiger partial charge in [0.1, 0.15) is 6.33 Å². The molecule has 3 rings (SSSR count). The van der Waals surface area contributed by atoms with E-state index in [0.717, 1.165) is 5.56 Å². The van der Waals surface area contributed by atoms with Crippen LogP contribution in [0.15, 0.2) is 60.9 Å². The van der Waals surface area contributed by atoms with Gasteiger partial charge in [0.25, 0.3) is 0 Å². The van der Waals surface area contributed by atoms with Gasteiger partial charge in [-0.05, 0) is 35.7 Å². The molecule has 0 aliphatic carbocycles. The minimum absolute atomic E-state index is 0.0469. The lowest BCUT2D eigenvalue weighted by molar-refractivity contribution is -0.383. The van der Waals surface area contributed by atoms with Gasteiger partial charge in [0.2, 0.25) is 11.6 Å². The Morgan fingerprint density at radius 2 is 1.74 bits per heavy atom. The number of hydrogen-bond donors (Lipinski definition) is 2. The fraction of sp³-hybridized carbons (Fsp3) is 0.227. The maximum absolute atomic E-state index is 12.0. The molecule has 0 aliphatic rings. The highest BCUT2D eigenvalue weighted by Gasteiger charge is 2.23. The fourth-order valence-corrected chi connectivity index (χ4v) is 2.71. The number of nitrogens with one attached hydrogen (secondary N) is 2.